The normalized spacial score (nSPS) is 19.6. The molecule has 0 aromatic heterocycles. The minimum Gasteiger partial charge on any atom is -0.379 e. The van der Waals surface area contributed by atoms with E-state index in [2.05, 4.69) is 17.4 Å². The van der Waals surface area contributed by atoms with Gasteiger partial charge < -0.3 is 14.8 Å². The van der Waals surface area contributed by atoms with Crippen molar-refractivity contribution in [2.75, 3.05) is 32.9 Å². The van der Waals surface area contributed by atoms with E-state index in [1.54, 1.807) is 0 Å². The second-order valence-corrected chi connectivity index (χ2v) is 4.47. The molecule has 0 aliphatic carbocycles. The predicted molar refractivity (Wildman–Crippen MR) is 67.9 cm³/mol. The van der Waals surface area contributed by atoms with Gasteiger partial charge in [0.05, 0.1) is 26.4 Å². The zero-order chi connectivity index (χ0) is 11.8. The Labute approximate surface area is 103 Å². The highest BCUT2D eigenvalue weighted by atomic mass is 16.5. The lowest BCUT2D eigenvalue weighted by atomic mass is 10.1. The Bertz CT molecular complexity index is 296. The molecule has 94 valence electrons. The van der Waals surface area contributed by atoms with Crippen molar-refractivity contribution in [3.05, 3.63) is 35.9 Å². The minimum atomic E-state index is 0.676. The molecule has 1 unspecified atom stereocenters. The molecule has 2 rings (SSSR count). The Morgan fingerprint density at radius 3 is 2.71 bits per heavy atom. The fourth-order valence-corrected chi connectivity index (χ4v) is 1.99. The zero-order valence-electron chi connectivity index (χ0n) is 10.2. The van der Waals surface area contributed by atoms with Crippen LogP contribution in [0, 0.1) is 5.92 Å². The molecule has 1 N–H and O–H groups in total. The summed E-state index contributed by atoms with van der Waals surface area (Å²) in [5, 5.41) is 3.33. The van der Waals surface area contributed by atoms with Gasteiger partial charge in [0.2, 0.25) is 0 Å². The average Bonchev–Trinajstić information content (AvgIpc) is 2.88. The molecule has 1 aliphatic heterocycles. The first kappa shape index (κ1) is 12.6. The van der Waals surface area contributed by atoms with Gasteiger partial charge in [-0.2, -0.15) is 0 Å². The highest BCUT2D eigenvalue weighted by molar-refractivity contribution is 5.13. The van der Waals surface area contributed by atoms with Crippen molar-refractivity contribution in [2.45, 2.75) is 13.0 Å². The number of rotatable bonds is 7. The molecule has 1 heterocycles. The van der Waals surface area contributed by atoms with Crippen LogP contribution in [0.3, 0.4) is 0 Å². The molecule has 1 aliphatic rings. The summed E-state index contributed by atoms with van der Waals surface area (Å²) in [6, 6.07) is 10.2. The fourth-order valence-electron chi connectivity index (χ4n) is 1.99. The largest absolute Gasteiger partial charge is 0.379 e. The predicted octanol–water partition coefficient (Wildman–Crippen LogP) is 1.83. The van der Waals surface area contributed by atoms with Crippen LogP contribution in [0.25, 0.3) is 0 Å². The van der Waals surface area contributed by atoms with E-state index in [-0.39, 0.29) is 0 Å². The van der Waals surface area contributed by atoms with Crippen LogP contribution in [0.2, 0.25) is 0 Å². The highest BCUT2D eigenvalue weighted by Crippen LogP contribution is 2.07. The molecule has 1 aromatic rings. The van der Waals surface area contributed by atoms with Crippen molar-refractivity contribution in [2.24, 2.45) is 5.92 Å². The lowest BCUT2D eigenvalue weighted by Crippen LogP contribution is -2.15. The monoisotopic (exact) mass is 235 g/mol. The van der Waals surface area contributed by atoms with Crippen LogP contribution >= 0.6 is 0 Å². The number of benzene rings is 1. The Morgan fingerprint density at radius 2 is 1.94 bits per heavy atom. The maximum atomic E-state index is 5.59. The Kier molecular flexibility index (Phi) is 5.49. The van der Waals surface area contributed by atoms with Crippen LogP contribution in [-0.2, 0) is 16.1 Å². The van der Waals surface area contributed by atoms with Crippen LogP contribution < -0.4 is 5.32 Å². The number of nitrogens with one attached hydrogen (secondary N) is 1. The quantitative estimate of drug-likeness (QED) is 0.731. The molecule has 0 amide bonds. The Hall–Kier alpha value is -0.900. The summed E-state index contributed by atoms with van der Waals surface area (Å²) in [7, 11) is 0. The van der Waals surface area contributed by atoms with Gasteiger partial charge in [0.25, 0.3) is 0 Å². The third kappa shape index (κ3) is 4.86. The van der Waals surface area contributed by atoms with Gasteiger partial charge in [0.1, 0.15) is 0 Å². The Balaban J connectivity index is 1.46. The first-order chi connectivity index (χ1) is 8.45. The smallest absolute Gasteiger partial charge is 0.0718 e. The molecule has 1 fully saturated rings. The second-order valence-electron chi connectivity index (χ2n) is 4.47. The summed E-state index contributed by atoms with van der Waals surface area (Å²) in [4.78, 5) is 0. The average molecular weight is 235 g/mol. The van der Waals surface area contributed by atoms with E-state index in [0.29, 0.717) is 25.7 Å². The van der Waals surface area contributed by atoms with Crippen LogP contribution in [-0.4, -0.2) is 32.9 Å². The topological polar surface area (TPSA) is 30.5 Å². The molecule has 0 bridgehead atoms. The molecule has 17 heavy (non-hydrogen) atoms. The molecule has 1 saturated heterocycles. The lowest BCUT2D eigenvalue weighted by molar-refractivity contribution is 0.0296. The van der Waals surface area contributed by atoms with Crippen LogP contribution in [0.1, 0.15) is 12.0 Å². The standard InChI is InChI=1S/C14H21NO2/c1-2-4-13(5-3-1)11-16-8-9-17-12-14-6-7-15-10-14/h1-5,14-15H,6-12H2. The van der Waals surface area contributed by atoms with Gasteiger partial charge in [-0.15, -0.1) is 0 Å². The maximum absolute atomic E-state index is 5.59. The summed E-state index contributed by atoms with van der Waals surface area (Å²) >= 11 is 0. The fraction of sp³-hybridized carbons (Fsp3) is 0.571. The van der Waals surface area contributed by atoms with Crippen molar-refractivity contribution in [3.63, 3.8) is 0 Å². The summed E-state index contributed by atoms with van der Waals surface area (Å²) in [5.41, 5.74) is 1.22. The van der Waals surface area contributed by atoms with Crippen molar-refractivity contribution in [1.29, 1.82) is 0 Å². The van der Waals surface area contributed by atoms with Gasteiger partial charge >= 0.3 is 0 Å². The minimum absolute atomic E-state index is 0.676. The van der Waals surface area contributed by atoms with Crippen molar-refractivity contribution in [3.8, 4) is 0 Å². The second kappa shape index (κ2) is 7.43. The highest BCUT2D eigenvalue weighted by Gasteiger charge is 2.13. The molecule has 0 radical (unpaired) electrons. The van der Waals surface area contributed by atoms with Gasteiger partial charge in [-0.05, 0) is 24.4 Å². The molecule has 0 saturated carbocycles. The zero-order valence-corrected chi connectivity index (χ0v) is 10.2. The third-order valence-corrected chi connectivity index (χ3v) is 3.00. The third-order valence-electron chi connectivity index (χ3n) is 3.00. The van der Waals surface area contributed by atoms with Crippen LogP contribution in [0.5, 0.6) is 0 Å². The maximum Gasteiger partial charge on any atom is 0.0718 e. The van der Waals surface area contributed by atoms with Crippen LogP contribution in [0.15, 0.2) is 30.3 Å². The summed E-state index contributed by atoms with van der Waals surface area (Å²) in [5.74, 6) is 0.698. The van der Waals surface area contributed by atoms with Gasteiger partial charge in [-0.3, -0.25) is 0 Å². The molecule has 3 heteroatoms. The van der Waals surface area contributed by atoms with Gasteiger partial charge in [-0.1, -0.05) is 30.3 Å². The summed E-state index contributed by atoms with van der Waals surface area (Å²) in [6.07, 6.45) is 1.24. The van der Waals surface area contributed by atoms with E-state index in [4.69, 9.17) is 9.47 Å². The van der Waals surface area contributed by atoms with E-state index in [1.165, 1.54) is 12.0 Å². The number of hydrogen-bond donors (Lipinski definition) is 1. The van der Waals surface area contributed by atoms with Crippen molar-refractivity contribution >= 4 is 0 Å². The van der Waals surface area contributed by atoms with E-state index in [1.807, 2.05) is 18.2 Å². The molecular weight excluding hydrogens is 214 g/mol. The molecule has 3 nitrogen and oxygen atoms in total. The van der Waals surface area contributed by atoms with E-state index in [9.17, 15) is 0 Å². The SMILES string of the molecule is c1ccc(COCCOCC2CCNC2)cc1. The van der Waals surface area contributed by atoms with Crippen LogP contribution in [0.4, 0.5) is 0 Å². The summed E-state index contributed by atoms with van der Waals surface area (Å²) in [6.45, 7) is 5.15. The van der Waals surface area contributed by atoms with Gasteiger partial charge in [0, 0.05) is 6.54 Å². The summed E-state index contributed by atoms with van der Waals surface area (Å²) < 4.78 is 11.1. The molecular formula is C14H21NO2. The number of ether oxygens (including phenoxy) is 2. The van der Waals surface area contributed by atoms with Gasteiger partial charge in [-0.25, -0.2) is 0 Å². The Morgan fingerprint density at radius 1 is 1.12 bits per heavy atom. The first-order valence-corrected chi connectivity index (χ1v) is 6.35. The van der Waals surface area contributed by atoms with Crippen molar-refractivity contribution < 1.29 is 9.47 Å². The lowest BCUT2D eigenvalue weighted by Gasteiger charge is -2.09. The number of hydrogen-bond acceptors (Lipinski definition) is 3. The van der Waals surface area contributed by atoms with E-state index in [0.717, 1.165) is 19.7 Å². The van der Waals surface area contributed by atoms with Crippen molar-refractivity contribution in [1.82, 2.24) is 5.32 Å². The molecule has 1 atom stereocenters. The molecule has 1 aromatic carbocycles. The molecule has 0 spiro atoms. The van der Waals surface area contributed by atoms with Gasteiger partial charge in [0.15, 0.2) is 0 Å². The first-order valence-electron chi connectivity index (χ1n) is 6.35. The van der Waals surface area contributed by atoms with E-state index < -0.39 is 0 Å². The van der Waals surface area contributed by atoms with E-state index >= 15 is 0 Å².